The molecular weight excluding hydrogens is 414 g/mol. The van der Waals surface area contributed by atoms with Gasteiger partial charge in [0.2, 0.25) is 0 Å². The number of esters is 1. The molecule has 1 unspecified atom stereocenters. The van der Waals surface area contributed by atoms with Crippen molar-refractivity contribution in [3.05, 3.63) is 65.7 Å². The number of rotatable bonds is 7. The average molecular weight is 443 g/mol. The average Bonchev–Trinajstić information content (AvgIpc) is 2.79. The molecule has 1 aliphatic rings. The van der Waals surface area contributed by atoms with Gasteiger partial charge < -0.3 is 19.7 Å². The molecule has 1 fully saturated rings. The zero-order valence-corrected chi connectivity index (χ0v) is 18.1. The molecule has 2 N–H and O–H groups in total. The zero-order valence-electron chi connectivity index (χ0n) is 18.1. The van der Waals surface area contributed by atoms with Crippen LogP contribution in [-0.2, 0) is 32.3 Å². The molecule has 0 aliphatic carbocycles. The smallest absolute Gasteiger partial charge is 0.414 e. The van der Waals surface area contributed by atoms with Crippen LogP contribution in [-0.4, -0.2) is 52.2 Å². The first-order valence-corrected chi connectivity index (χ1v) is 10.5. The Balaban J connectivity index is 0.000000534. The predicted molar refractivity (Wildman–Crippen MR) is 117 cm³/mol. The summed E-state index contributed by atoms with van der Waals surface area (Å²) in [4.78, 5) is 32.7. The minimum absolute atomic E-state index is 0.0938. The number of hydrogen-bond acceptors (Lipinski definition) is 6. The lowest BCUT2D eigenvalue weighted by Crippen LogP contribution is -2.44. The van der Waals surface area contributed by atoms with Gasteiger partial charge in [0.15, 0.2) is 0 Å². The molecule has 1 heterocycles. The molecule has 0 radical (unpaired) electrons. The van der Waals surface area contributed by atoms with E-state index in [9.17, 15) is 4.79 Å². The fourth-order valence-electron chi connectivity index (χ4n) is 3.39. The van der Waals surface area contributed by atoms with E-state index in [1.807, 2.05) is 37.3 Å². The fourth-order valence-corrected chi connectivity index (χ4v) is 3.39. The monoisotopic (exact) mass is 443 g/mol. The van der Waals surface area contributed by atoms with Gasteiger partial charge in [-0.3, -0.25) is 9.69 Å². The van der Waals surface area contributed by atoms with Crippen LogP contribution in [0.2, 0.25) is 0 Å². The van der Waals surface area contributed by atoms with Gasteiger partial charge in [-0.25, -0.2) is 9.59 Å². The van der Waals surface area contributed by atoms with Gasteiger partial charge in [-0.1, -0.05) is 48.9 Å². The van der Waals surface area contributed by atoms with Crippen molar-refractivity contribution >= 4 is 17.9 Å². The van der Waals surface area contributed by atoms with Crippen molar-refractivity contribution in [2.45, 2.75) is 45.4 Å². The molecule has 1 aliphatic heterocycles. The van der Waals surface area contributed by atoms with Gasteiger partial charge >= 0.3 is 17.9 Å². The summed E-state index contributed by atoms with van der Waals surface area (Å²) in [5, 5.41) is 14.8. The van der Waals surface area contributed by atoms with Crippen LogP contribution in [0.4, 0.5) is 0 Å². The summed E-state index contributed by atoms with van der Waals surface area (Å²) in [7, 11) is 0. The van der Waals surface area contributed by atoms with Crippen molar-refractivity contribution in [3.63, 3.8) is 0 Å². The van der Waals surface area contributed by atoms with Gasteiger partial charge in [-0.05, 0) is 49.6 Å². The molecule has 0 saturated carbocycles. The van der Waals surface area contributed by atoms with Crippen molar-refractivity contribution in [1.82, 2.24) is 4.90 Å². The first kappa shape index (κ1) is 24.9. The number of benzene rings is 2. The summed E-state index contributed by atoms with van der Waals surface area (Å²) in [5.74, 6) is -2.88. The summed E-state index contributed by atoms with van der Waals surface area (Å²) in [5.41, 5.74) is 2.31. The maximum absolute atomic E-state index is 12.2. The Bertz CT molecular complexity index is 873. The van der Waals surface area contributed by atoms with Crippen molar-refractivity contribution in [2.75, 3.05) is 13.2 Å². The number of likely N-dealkylation sites (tertiary alicyclic amines) is 1. The summed E-state index contributed by atoms with van der Waals surface area (Å²) in [6.45, 7) is 4.52. The highest BCUT2D eigenvalue weighted by molar-refractivity contribution is 6.27. The number of carbonyl (C=O) groups excluding carboxylic acids is 1. The number of carboxylic acid groups (broad SMARTS) is 2. The number of aliphatic carboxylic acids is 2. The maximum Gasteiger partial charge on any atom is 0.414 e. The summed E-state index contributed by atoms with van der Waals surface area (Å²) >= 11 is 0. The second-order valence-corrected chi connectivity index (χ2v) is 7.27. The van der Waals surface area contributed by atoms with Crippen molar-refractivity contribution in [2.24, 2.45) is 0 Å². The highest BCUT2D eigenvalue weighted by atomic mass is 16.5. The largest absolute Gasteiger partial charge is 0.489 e. The Morgan fingerprint density at radius 1 is 0.969 bits per heavy atom. The summed E-state index contributed by atoms with van der Waals surface area (Å²) in [6, 6.07) is 18.2. The third kappa shape index (κ3) is 8.39. The predicted octanol–water partition coefficient (Wildman–Crippen LogP) is 3.34. The molecule has 1 saturated heterocycles. The third-order valence-electron chi connectivity index (χ3n) is 4.89. The molecule has 3 rings (SSSR count). The molecule has 8 heteroatoms. The van der Waals surface area contributed by atoms with E-state index < -0.39 is 11.9 Å². The Labute approximate surface area is 187 Å². The van der Waals surface area contributed by atoms with Gasteiger partial charge in [0.05, 0.1) is 6.61 Å². The van der Waals surface area contributed by atoms with Crippen molar-refractivity contribution in [1.29, 1.82) is 0 Å². The van der Waals surface area contributed by atoms with E-state index in [0.29, 0.717) is 13.2 Å². The van der Waals surface area contributed by atoms with Gasteiger partial charge in [-0.2, -0.15) is 0 Å². The van der Waals surface area contributed by atoms with E-state index >= 15 is 0 Å². The Morgan fingerprint density at radius 2 is 1.66 bits per heavy atom. The van der Waals surface area contributed by atoms with E-state index in [1.54, 1.807) is 0 Å². The number of carbonyl (C=O) groups is 3. The molecule has 2 aromatic rings. The fraction of sp³-hybridized carbons (Fsp3) is 0.375. The van der Waals surface area contributed by atoms with Crippen LogP contribution in [0, 0.1) is 0 Å². The number of ether oxygens (including phenoxy) is 2. The maximum atomic E-state index is 12.2. The van der Waals surface area contributed by atoms with Crippen LogP contribution in [0.1, 0.15) is 37.3 Å². The van der Waals surface area contributed by atoms with Crippen molar-refractivity contribution < 1.29 is 34.1 Å². The number of hydrogen-bond donors (Lipinski definition) is 2. The SMILES string of the molecule is CCOC(=O)C1CCCCN1Cc1cccc(OCc2ccccc2)c1.O=C(O)C(=O)O. The highest BCUT2D eigenvalue weighted by Gasteiger charge is 2.29. The number of nitrogens with zero attached hydrogens (tertiary/aromatic N) is 1. The van der Waals surface area contributed by atoms with E-state index in [0.717, 1.165) is 49.2 Å². The Morgan fingerprint density at radius 3 is 2.31 bits per heavy atom. The summed E-state index contributed by atoms with van der Waals surface area (Å²) < 4.78 is 11.2. The van der Waals surface area contributed by atoms with E-state index in [1.165, 1.54) is 0 Å². The second kappa shape index (κ2) is 13.1. The van der Waals surface area contributed by atoms with Crippen LogP contribution in [0.25, 0.3) is 0 Å². The lowest BCUT2D eigenvalue weighted by atomic mass is 10.0. The van der Waals surface area contributed by atoms with Gasteiger partial charge in [-0.15, -0.1) is 0 Å². The van der Waals surface area contributed by atoms with Gasteiger partial charge in [0.1, 0.15) is 18.4 Å². The van der Waals surface area contributed by atoms with Crippen LogP contribution in [0.3, 0.4) is 0 Å². The van der Waals surface area contributed by atoms with Crippen LogP contribution in [0.15, 0.2) is 54.6 Å². The Hall–Kier alpha value is -3.39. The minimum Gasteiger partial charge on any atom is -0.489 e. The zero-order chi connectivity index (χ0) is 23.3. The van der Waals surface area contributed by atoms with Crippen LogP contribution < -0.4 is 4.74 Å². The molecule has 1 atom stereocenters. The highest BCUT2D eigenvalue weighted by Crippen LogP contribution is 2.23. The summed E-state index contributed by atoms with van der Waals surface area (Å²) in [6.07, 6.45) is 3.09. The van der Waals surface area contributed by atoms with E-state index in [4.69, 9.17) is 29.3 Å². The molecule has 172 valence electrons. The standard InChI is InChI=1S/C22H27NO3.C2H2O4/c1-2-25-22(24)21-13-6-7-14-23(21)16-19-11-8-12-20(15-19)26-17-18-9-4-3-5-10-18;3-1(4)2(5)6/h3-5,8-12,15,21H,2,6-7,13-14,16-17H2,1H3;(H,3,4)(H,5,6). The first-order chi connectivity index (χ1) is 15.4. The van der Waals surface area contributed by atoms with Gasteiger partial charge in [0, 0.05) is 6.54 Å². The first-order valence-electron chi connectivity index (χ1n) is 10.5. The molecule has 0 aromatic heterocycles. The van der Waals surface area contributed by atoms with E-state index in [-0.39, 0.29) is 12.0 Å². The minimum atomic E-state index is -1.82. The van der Waals surface area contributed by atoms with Crippen molar-refractivity contribution in [3.8, 4) is 5.75 Å². The van der Waals surface area contributed by atoms with Crippen LogP contribution >= 0.6 is 0 Å². The van der Waals surface area contributed by atoms with Crippen LogP contribution in [0.5, 0.6) is 5.75 Å². The van der Waals surface area contributed by atoms with E-state index in [2.05, 4.69) is 29.2 Å². The molecular formula is C24H29NO7. The third-order valence-corrected chi connectivity index (χ3v) is 4.89. The molecule has 32 heavy (non-hydrogen) atoms. The normalized spacial score (nSPS) is 15.7. The topological polar surface area (TPSA) is 113 Å². The molecule has 0 amide bonds. The molecule has 2 aromatic carbocycles. The lowest BCUT2D eigenvalue weighted by Gasteiger charge is -2.34. The Kier molecular flexibility index (Phi) is 10.2. The lowest BCUT2D eigenvalue weighted by molar-refractivity contribution is -0.159. The molecule has 8 nitrogen and oxygen atoms in total. The van der Waals surface area contributed by atoms with Gasteiger partial charge in [0.25, 0.3) is 0 Å². The number of piperidine rings is 1. The number of carboxylic acids is 2. The molecule has 0 bridgehead atoms. The molecule has 0 spiro atoms. The second-order valence-electron chi connectivity index (χ2n) is 7.27. The quantitative estimate of drug-likeness (QED) is 0.495.